The van der Waals surface area contributed by atoms with Gasteiger partial charge in [0.05, 0.1) is 0 Å². The molecule has 112 valence electrons. The molecule has 0 amide bonds. The minimum atomic E-state index is 0.112. The number of rotatable bonds is 6. The lowest BCUT2D eigenvalue weighted by Gasteiger charge is -2.30. The van der Waals surface area contributed by atoms with Crippen LogP contribution in [0.4, 0.5) is 0 Å². The third-order valence-corrected chi connectivity index (χ3v) is 4.22. The first kappa shape index (κ1) is 15.6. The van der Waals surface area contributed by atoms with Gasteiger partial charge in [-0.1, -0.05) is 17.7 Å². The van der Waals surface area contributed by atoms with Gasteiger partial charge in [-0.3, -0.25) is 0 Å². The topological polar surface area (TPSA) is 30.5 Å². The van der Waals surface area contributed by atoms with Crippen LogP contribution in [0.15, 0.2) is 24.3 Å². The zero-order chi connectivity index (χ0) is 14.4. The average Bonchev–Trinajstić information content (AvgIpc) is 2.45. The van der Waals surface area contributed by atoms with Crippen LogP contribution in [0.2, 0.25) is 5.02 Å². The number of halogens is 1. The molecule has 2 unspecified atom stereocenters. The Morgan fingerprint density at radius 1 is 1.40 bits per heavy atom. The van der Waals surface area contributed by atoms with Gasteiger partial charge < -0.3 is 14.8 Å². The molecule has 4 heteroatoms. The van der Waals surface area contributed by atoms with E-state index in [0.717, 1.165) is 44.1 Å². The summed E-state index contributed by atoms with van der Waals surface area (Å²) in [6.07, 6.45) is 3.55. The highest BCUT2D eigenvalue weighted by molar-refractivity contribution is 6.30. The monoisotopic (exact) mass is 297 g/mol. The van der Waals surface area contributed by atoms with Crippen molar-refractivity contribution in [2.24, 2.45) is 5.92 Å². The summed E-state index contributed by atoms with van der Waals surface area (Å²) in [6.45, 7) is 3.90. The highest BCUT2D eigenvalue weighted by atomic mass is 35.5. The molecule has 3 nitrogen and oxygen atoms in total. The molecule has 0 aliphatic carbocycles. The Kier molecular flexibility index (Phi) is 6.14. The van der Waals surface area contributed by atoms with Gasteiger partial charge in [-0.25, -0.2) is 0 Å². The summed E-state index contributed by atoms with van der Waals surface area (Å²) in [4.78, 5) is 0. The van der Waals surface area contributed by atoms with Gasteiger partial charge in [0.25, 0.3) is 0 Å². The Morgan fingerprint density at radius 2 is 2.15 bits per heavy atom. The van der Waals surface area contributed by atoms with Crippen LogP contribution < -0.4 is 10.1 Å². The smallest absolute Gasteiger partial charge is 0.121 e. The van der Waals surface area contributed by atoms with Crippen molar-refractivity contribution in [1.82, 2.24) is 5.32 Å². The van der Waals surface area contributed by atoms with Crippen LogP contribution in [0.5, 0.6) is 5.75 Å². The summed E-state index contributed by atoms with van der Waals surface area (Å²) in [7, 11) is 2.00. The molecule has 0 saturated carbocycles. The maximum absolute atomic E-state index is 6.01. The molecule has 1 N–H and O–H groups in total. The molecule has 0 aromatic heterocycles. The second-order valence-electron chi connectivity index (χ2n) is 5.47. The van der Waals surface area contributed by atoms with Crippen molar-refractivity contribution in [3.8, 4) is 5.75 Å². The van der Waals surface area contributed by atoms with Gasteiger partial charge in [-0.05, 0) is 57.4 Å². The molecule has 1 aromatic rings. The predicted octanol–water partition coefficient (Wildman–Crippen LogP) is 3.51. The molecule has 1 saturated heterocycles. The minimum absolute atomic E-state index is 0.112. The van der Waals surface area contributed by atoms with E-state index in [4.69, 9.17) is 21.1 Å². The van der Waals surface area contributed by atoms with Crippen LogP contribution >= 0.6 is 11.6 Å². The Balaban J connectivity index is 1.89. The lowest BCUT2D eigenvalue weighted by molar-refractivity contribution is 0.0535. The molecule has 0 bridgehead atoms. The normalized spacial score (nSPS) is 19.6. The van der Waals surface area contributed by atoms with Crippen molar-refractivity contribution in [2.75, 3.05) is 20.3 Å². The molecule has 2 atom stereocenters. The molecule has 1 heterocycles. The molecule has 0 radical (unpaired) electrons. The largest absolute Gasteiger partial charge is 0.489 e. The van der Waals surface area contributed by atoms with E-state index in [9.17, 15) is 0 Å². The van der Waals surface area contributed by atoms with E-state index in [1.54, 1.807) is 0 Å². The van der Waals surface area contributed by atoms with Crippen molar-refractivity contribution in [3.63, 3.8) is 0 Å². The number of ether oxygens (including phenoxy) is 2. The van der Waals surface area contributed by atoms with Gasteiger partial charge >= 0.3 is 0 Å². The van der Waals surface area contributed by atoms with Gasteiger partial charge in [0.15, 0.2) is 0 Å². The van der Waals surface area contributed by atoms with Crippen LogP contribution in [-0.2, 0) is 4.74 Å². The van der Waals surface area contributed by atoms with Crippen molar-refractivity contribution in [3.05, 3.63) is 29.3 Å². The first-order valence-corrected chi connectivity index (χ1v) is 7.74. The Bertz CT molecular complexity index is 407. The molecule has 1 fully saturated rings. The molecule has 2 rings (SSSR count). The first-order valence-electron chi connectivity index (χ1n) is 7.36. The van der Waals surface area contributed by atoms with Gasteiger partial charge in [0, 0.05) is 24.3 Å². The number of benzene rings is 1. The second kappa shape index (κ2) is 7.87. The Hall–Kier alpha value is -0.770. The number of hydrogen-bond donors (Lipinski definition) is 1. The molecule has 0 spiro atoms. The van der Waals surface area contributed by atoms with Crippen LogP contribution in [0.1, 0.15) is 26.2 Å². The fraction of sp³-hybridized carbons (Fsp3) is 0.625. The Morgan fingerprint density at radius 3 is 2.80 bits per heavy atom. The predicted molar refractivity (Wildman–Crippen MR) is 82.5 cm³/mol. The van der Waals surface area contributed by atoms with Crippen LogP contribution in [0.25, 0.3) is 0 Å². The van der Waals surface area contributed by atoms with Gasteiger partial charge in [0.1, 0.15) is 11.9 Å². The molecule has 20 heavy (non-hydrogen) atoms. The summed E-state index contributed by atoms with van der Waals surface area (Å²) in [5, 5.41) is 4.09. The summed E-state index contributed by atoms with van der Waals surface area (Å²) in [5.41, 5.74) is 0. The third-order valence-electron chi connectivity index (χ3n) is 3.98. The summed E-state index contributed by atoms with van der Waals surface area (Å²) in [6, 6.07) is 7.92. The number of nitrogens with one attached hydrogen (secondary N) is 1. The van der Waals surface area contributed by atoms with Crippen molar-refractivity contribution in [2.45, 2.75) is 38.3 Å². The van der Waals surface area contributed by atoms with Gasteiger partial charge in [-0.15, -0.1) is 0 Å². The summed E-state index contributed by atoms with van der Waals surface area (Å²) >= 11 is 5.99. The fourth-order valence-electron chi connectivity index (χ4n) is 2.72. The van der Waals surface area contributed by atoms with E-state index in [1.165, 1.54) is 0 Å². The zero-order valence-electron chi connectivity index (χ0n) is 12.3. The van der Waals surface area contributed by atoms with E-state index in [0.29, 0.717) is 11.1 Å². The zero-order valence-corrected chi connectivity index (χ0v) is 13.0. The molecule has 1 aliphatic rings. The lowest BCUT2D eigenvalue weighted by Crippen LogP contribution is -2.41. The Labute approximate surface area is 126 Å². The van der Waals surface area contributed by atoms with E-state index < -0.39 is 0 Å². The maximum atomic E-state index is 6.01. The van der Waals surface area contributed by atoms with Crippen LogP contribution in [0.3, 0.4) is 0 Å². The number of hydrogen-bond acceptors (Lipinski definition) is 3. The second-order valence-corrected chi connectivity index (χ2v) is 5.90. The van der Waals surface area contributed by atoms with E-state index in [-0.39, 0.29) is 6.10 Å². The fourth-order valence-corrected chi connectivity index (χ4v) is 2.90. The molecular formula is C16H24ClNO2. The van der Waals surface area contributed by atoms with Crippen LogP contribution in [-0.4, -0.2) is 32.4 Å². The van der Waals surface area contributed by atoms with Crippen molar-refractivity contribution < 1.29 is 9.47 Å². The van der Waals surface area contributed by atoms with E-state index >= 15 is 0 Å². The number of likely N-dealkylation sites (N-methyl/N-ethyl adjacent to an activating group) is 1. The quantitative estimate of drug-likeness (QED) is 0.871. The van der Waals surface area contributed by atoms with E-state index in [1.807, 2.05) is 31.3 Å². The summed E-state index contributed by atoms with van der Waals surface area (Å²) < 4.78 is 11.4. The van der Waals surface area contributed by atoms with Crippen molar-refractivity contribution in [1.29, 1.82) is 0 Å². The van der Waals surface area contributed by atoms with E-state index in [2.05, 4.69) is 12.2 Å². The lowest BCUT2D eigenvalue weighted by atomic mass is 9.90. The van der Waals surface area contributed by atoms with Gasteiger partial charge in [-0.2, -0.15) is 0 Å². The molecule has 1 aliphatic heterocycles. The highest BCUT2D eigenvalue weighted by Gasteiger charge is 2.23. The average molecular weight is 298 g/mol. The maximum Gasteiger partial charge on any atom is 0.121 e. The summed E-state index contributed by atoms with van der Waals surface area (Å²) in [5.74, 6) is 1.56. The third kappa shape index (κ3) is 4.65. The first-order chi connectivity index (χ1) is 9.69. The van der Waals surface area contributed by atoms with Gasteiger partial charge in [0.2, 0.25) is 0 Å². The molecule has 1 aromatic carbocycles. The minimum Gasteiger partial charge on any atom is -0.489 e. The van der Waals surface area contributed by atoms with Crippen LogP contribution in [0, 0.1) is 5.92 Å². The SMILES string of the molecule is CNC(CC1CCOCC1)C(C)Oc1cccc(Cl)c1. The standard InChI is InChI=1S/C16H24ClNO2/c1-12(20-15-5-3-4-14(17)11-15)16(18-2)10-13-6-8-19-9-7-13/h3-5,11-13,16,18H,6-10H2,1-2H3. The molecular weight excluding hydrogens is 274 g/mol. The highest BCUT2D eigenvalue weighted by Crippen LogP contribution is 2.24. The van der Waals surface area contributed by atoms with Crippen molar-refractivity contribution >= 4 is 11.6 Å².